The lowest BCUT2D eigenvalue weighted by Crippen LogP contribution is -2.12. The van der Waals surface area contributed by atoms with Crippen molar-refractivity contribution in [1.29, 1.82) is 0 Å². The van der Waals surface area contributed by atoms with Crippen LogP contribution in [0, 0.1) is 6.07 Å². The van der Waals surface area contributed by atoms with Crippen molar-refractivity contribution in [3.63, 3.8) is 0 Å². The van der Waals surface area contributed by atoms with Crippen LogP contribution in [-0.4, -0.2) is 0 Å². The molecule has 0 heterocycles. The third-order valence-corrected chi connectivity index (χ3v) is 3.23. The average Bonchev–Trinajstić information content (AvgIpc) is 2.48. The second-order valence-electron chi connectivity index (χ2n) is 4.68. The maximum atomic E-state index is 3.45. The first-order valence-electron chi connectivity index (χ1n) is 6.56. The first-order chi connectivity index (χ1) is 9.42. The highest BCUT2D eigenvalue weighted by Gasteiger charge is 1.97. The van der Waals surface area contributed by atoms with Gasteiger partial charge in [0.05, 0.1) is 0 Å². The summed E-state index contributed by atoms with van der Waals surface area (Å²) in [7, 11) is 0. The van der Waals surface area contributed by atoms with Crippen LogP contribution in [0.25, 0.3) is 10.8 Å². The summed E-state index contributed by atoms with van der Waals surface area (Å²) in [6.45, 7) is 1.74. The van der Waals surface area contributed by atoms with E-state index in [-0.39, 0.29) is 0 Å². The Balaban J connectivity index is 1.65. The molecule has 0 unspecified atom stereocenters. The SMILES string of the molecule is [c]1cc2ccccc2cc1CNCc1ccccc1. The number of hydrogen-bond acceptors (Lipinski definition) is 1. The summed E-state index contributed by atoms with van der Waals surface area (Å²) in [5, 5.41) is 5.97. The highest BCUT2D eigenvalue weighted by atomic mass is 14.8. The van der Waals surface area contributed by atoms with Crippen LogP contribution >= 0.6 is 0 Å². The minimum absolute atomic E-state index is 0.847. The Morgan fingerprint density at radius 3 is 2.37 bits per heavy atom. The van der Waals surface area contributed by atoms with Crippen LogP contribution in [0.5, 0.6) is 0 Å². The standard InChI is InChI=1S/C18H16N/c1-2-6-15(7-3-1)13-19-14-16-10-11-17-8-4-5-9-18(17)12-16/h1-9,11-12,19H,13-14H2. The zero-order valence-electron chi connectivity index (χ0n) is 10.8. The molecular weight excluding hydrogens is 230 g/mol. The van der Waals surface area contributed by atoms with E-state index >= 15 is 0 Å². The molecule has 0 saturated carbocycles. The van der Waals surface area contributed by atoms with Crippen LogP contribution in [0.15, 0.2) is 66.7 Å². The van der Waals surface area contributed by atoms with Gasteiger partial charge in [0.2, 0.25) is 0 Å². The van der Waals surface area contributed by atoms with Crippen molar-refractivity contribution in [2.24, 2.45) is 0 Å². The molecule has 93 valence electrons. The molecule has 19 heavy (non-hydrogen) atoms. The molecule has 0 aliphatic rings. The Morgan fingerprint density at radius 2 is 1.53 bits per heavy atom. The second kappa shape index (κ2) is 5.68. The Morgan fingerprint density at radius 1 is 0.789 bits per heavy atom. The molecule has 3 aromatic rings. The van der Waals surface area contributed by atoms with Gasteiger partial charge in [-0.05, 0) is 40.1 Å². The zero-order chi connectivity index (χ0) is 12.9. The van der Waals surface area contributed by atoms with E-state index in [9.17, 15) is 0 Å². The summed E-state index contributed by atoms with van der Waals surface area (Å²) < 4.78 is 0. The first-order valence-corrected chi connectivity index (χ1v) is 6.56. The molecule has 0 aliphatic heterocycles. The van der Waals surface area contributed by atoms with Crippen molar-refractivity contribution >= 4 is 10.8 Å². The highest BCUT2D eigenvalue weighted by molar-refractivity contribution is 5.82. The molecule has 0 saturated heterocycles. The van der Waals surface area contributed by atoms with Crippen LogP contribution in [-0.2, 0) is 13.1 Å². The average molecular weight is 246 g/mol. The number of rotatable bonds is 4. The minimum Gasteiger partial charge on any atom is -0.309 e. The van der Waals surface area contributed by atoms with Crippen LogP contribution in [0.1, 0.15) is 11.1 Å². The monoisotopic (exact) mass is 246 g/mol. The van der Waals surface area contributed by atoms with Crippen molar-refractivity contribution in [2.75, 3.05) is 0 Å². The normalized spacial score (nSPS) is 10.7. The fraction of sp³-hybridized carbons (Fsp3) is 0.111. The van der Waals surface area contributed by atoms with Crippen LogP contribution in [0.4, 0.5) is 0 Å². The summed E-state index contributed by atoms with van der Waals surface area (Å²) in [6.07, 6.45) is 0. The van der Waals surface area contributed by atoms with E-state index in [2.05, 4.69) is 72.0 Å². The summed E-state index contributed by atoms with van der Waals surface area (Å²) in [4.78, 5) is 0. The van der Waals surface area contributed by atoms with E-state index in [1.54, 1.807) is 0 Å². The van der Waals surface area contributed by atoms with Crippen LogP contribution < -0.4 is 5.32 Å². The molecular formula is C18H16N. The Hall–Kier alpha value is -2.12. The number of hydrogen-bond donors (Lipinski definition) is 1. The van der Waals surface area contributed by atoms with E-state index in [1.807, 2.05) is 6.07 Å². The van der Waals surface area contributed by atoms with Gasteiger partial charge in [0, 0.05) is 13.1 Å². The van der Waals surface area contributed by atoms with Crippen molar-refractivity contribution < 1.29 is 0 Å². The van der Waals surface area contributed by atoms with Gasteiger partial charge in [-0.15, -0.1) is 0 Å². The van der Waals surface area contributed by atoms with Gasteiger partial charge in [0.1, 0.15) is 0 Å². The van der Waals surface area contributed by atoms with Gasteiger partial charge in [-0.1, -0.05) is 54.6 Å². The third-order valence-electron chi connectivity index (χ3n) is 3.23. The Kier molecular flexibility index (Phi) is 3.57. The van der Waals surface area contributed by atoms with Crippen molar-refractivity contribution in [2.45, 2.75) is 13.1 Å². The van der Waals surface area contributed by atoms with Crippen molar-refractivity contribution in [1.82, 2.24) is 5.32 Å². The van der Waals surface area contributed by atoms with Gasteiger partial charge >= 0.3 is 0 Å². The molecule has 0 bridgehead atoms. The van der Waals surface area contributed by atoms with E-state index in [1.165, 1.54) is 21.9 Å². The van der Waals surface area contributed by atoms with E-state index < -0.39 is 0 Å². The number of nitrogens with one attached hydrogen (secondary N) is 1. The molecule has 0 atom stereocenters. The zero-order valence-corrected chi connectivity index (χ0v) is 10.8. The first kappa shape index (κ1) is 11.9. The maximum Gasteiger partial charge on any atom is 0.0215 e. The minimum atomic E-state index is 0.847. The lowest BCUT2D eigenvalue weighted by Gasteiger charge is -2.06. The van der Waals surface area contributed by atoms with E-state index in [0.717, 1.165) is 13.1 Å². The maximum absolute atomic E-state index is 3.45. The van der Waals surface area contributed by atoms with Crippen molar-refractivity contribution in [3.05, 3.63) is 83.9 Å². The number of benzene rings is 3. The molecule has 0 amide bonds. The lowest BCUT2D eigenvalue weighted by atomic mass is 10.1. The Bertz CT molecular complexity index is 659. The quantitative estimate of drug-likeness (QED) is 0.735. The summed E-state index contributed by atoms with van der Waals surface area (Å²) in [5.41, 5.74) is 2.51. The van der Waals surface area contributed by atoms with Gasteiger partial charge in [-0.2, -0.15) is 0 Å². The molecule has 3 aromatic carbocycles. The van der Waals surface area contributed by atoms with Gasteiger partial charge in [-0.25, -0.2) is 0 Å². The van der Waals surface area contributed by atoms with Gasteiger partial charge < -0.3 is 5.32 Å². The fourth-order valence-corrected chi connectivity index (χ4v) is 2.21. The molecule has 3 rings (SSSR count). The molecule has 1 heteroatoms. The topological polar surface area (TPSA) is 12.0 Å². The lowest BCUT2D eigenvalue weighted by molar-refractivity contribution is 0.693. The Labute approximate surface area is 113 Å². The molecule has 0 spiro atoms. The molecule has 1 N–H and O–H groups in total. The smallest absolute Gasteiger partial charge is 0.0215 e. The molecule has 1 radical (unpaired) electrons. The highest BCUT2D eigenvalue weighted by Crippen LogP contribution is 2.15. The largest absolute Gasteiger partial charge is 0.309 e. The molecule has 0 aliphatic carbocycles. The van der Waals surface area contributed by atoms with Crippen LogP contribution in [0.3, 0.4) is 0 Å². The fourth-order valence-electron chi connectivity index (χ4n) is 2.21. The summed E-state index contributed by atoms with van der Waals surface area (Å²) >= 11 is 0. The van der Waals surface area contributed by atoms with E-state index in [4.69, 9.17) is 0 Å². The van der Waals surface area contributed by atoms with Gasteiger partial charge in [-0.3, -0.25) is 0 Å². The molecule has 0 aromatic heterocycles. The third kappa shape index (κ3) is 3.01. The predicted molar refractivity (Wildman–Crippen MR) is 79.8 cm³/mol. The predicted octanol–water partition coefficient (Wildman–Crippen LogP) is 3.93. The van der Waals surface area contributed by atoms with Crippen molar-refractivity contribution in [3.8, 4) is 0 Å². The van der Waals surface area contributed by atoms with E-state index in [0.29, 0.717) is 0 Å². The number of fused-ring (bicyclic) bond motifs is 1. The molecule has 0 fully saturated rings. The second-order valence-corrected chi connectivity index (χ2v) is 4.68. The van der Waals surface area contributed by atoms with Crippen LogP contribution in [0.2, 0.25) is 0 Å². The van der Waals surface area contributed by atoms with Gasteiger partial charge in [0.15, 0.2) is 0 Å². The summed E-state index contributed by atoms with van der Waals surface area (Å²) in [6, 6.07) is 26.4. The molecule has 1 nitrogen and oxygen atoms in total. The summed E-state index contributed by atoms with van der Waals surface area (Å²) in [5.74, 6) is 0. The van der Waals surface area contributed by atoms with Gasteiger partial charge in [0.25, 0.3) is 0 Å².